The van der Waals surface area contributed by atoms with Gasteiger partial charge in [0.1, 0.15) is 11.8 Å². The van der Waals surface area contributed by atoms with Gasteiger partial charge in [0.2, 0.25) is 0 Å². The Morgan fingerprint density at radius 3 is 2.96 bits per heavy atom. The average Bonchev–Trinajstić information content (AvgIpc) is 3.34. The van der Waals surface area contributed by atoms with Crippen molar-refractivity contribution in [2.24, 2.45) is 0 Å². The molecule has 128 valence electrons. The Bertz CT molecular complexity index is 905. The van der Waals surface area contributed by atoms with Crippen LogP contribution in [-0.4, -0.2) is 37.1 Å². The number of hydrogen-bond donors (Lipinski definition) is 2. The van der Waals surface area contributed by atoms with Gasteiger partial charge < -0.3 is 19.8 Å². The van der Waals surface area contributed by atoms with E-state index in [4.69, 9.17) is 4.42 Å². The number of ether oxygens (including phenoxy) is 1. The molecule has 1 aromatic heterocycles. The van der Waals surface area contributed by atoms with Gasteiger partial charge in [-0.1, -0.05) is 5.92 Å². The van der Waals surface area contributed by atoms with Crippen molar-refractivity contribution in [3.63, 3.8) is 0 Å². The smallest absolute Gasteiger partial charge is 0.384 e. The number of amides is 1. The third-order valence-electron chi connectivity index (χ3n) is 4.94. The molecule has 2 N–H and O–H groups in total. The van der Waals surface area contributed by atoms with Gasteiger partial charge in [0, 0.05) is 35.0 Å². The van der Waals surface area contributed by atoms with Crippen molar-refractivity contribution in [3.05, 3.63) is 35.6 Å². The Labute approximate surface area is 144 Å². The first-order valence-electron chi connectivity index (χ1n) is 8.32. The summed E-state index contributed by atoms with van der Waals surface area (Å²) in [6.45, 7) is 0. The lowest BCUT2D eigenvalue weighted by Gasteiger charge is -2.21. The van der Waals surface area contributed by atoms with E-state index in [0.717, 1.165) is 12.8 Å². The molecular weight excluding hydrogens is 320 g/mol. The number of fused-ring (bicyclic) bond motifs is 3. The van der Waals surface area contributed by atoms with Gasteiger partial charge in [-0.3, -0.25) is 4.79 Å². The molecule has 0 saturated carbocycles. The molecule has 25 heavy (non-hydrogen) atoms. The number of benzene rings is 1. The SMILES string of the molecule is COC(=O)C#Cc1coc2ccc(C(=O)N[C@@H]3C[C@H]4CC[C@@H]3N4)cc12. The number of carbonyl (C=O) groups excluding carboxylic acids is 2. The van der Waals surface area contributed by atoms with Crippen molar-refractivity contribution in [2.45, 2.75) is 37.4 Å². The maximum atomic E-state index is 12.6. The zero-order valence-electron chi connectivity index (χ0n) is 13.8. The largest absolute Gasteiger partial charge is 0.463 e. The Hall–Kier alpha value is -2.78. The number of rotatable bonds is 2. The predicted octanol–water partition coefficient (Wildman–Crippen LogP) is 1.58. The van der Waals surface area contributed by atoms with Crippen molar-refractivity contribution in [1.82, 2.24) is 10.6 Å². The van der Waals surface area contributed by atoms with Crippen LogP contribution in [0.3, 0.4) is 0 Å². The summed E-state index contributed by atoms with van der Waals surface area (Å²) in [7, 11) is 1.28. The fraction of sp³-hybridized carbons (Fsp3) is 0.368. The molecule has 2 bridgehead atoms. The molecule has 3 atom stereocenters. The first-order chi connectivity index (χ1) is 12.1. The standard InChI is InChI=1S/C19H18N2O4/c1-24-18(22)7-3-12-10-25-17-6-2-11(8-14(12)17)19(23)21-16-9-13-4-5-15(16)20-13/h2,6,8,10,13,15-16,20H,4-5,9H2,1H3,(H,21,23)/t13-,15+,16-/m1/s1. The summed E-state index contributed by atoms with van der Waals surface area (Å²) in [5, 5.41) is 7.33. The Kier molecular flexibility index (Phi) is 3.94. The Morgan fingerprint density at radius 2 is 2.24 bits per heavy atom. The van der Waals surface area contributed by atoms with Gasteiger partial charge in [-0.05, 0) is 37.5 Å². The molecule has 0 radical (unpaired) electrons. The van der Waals surface area contributed by atoms with Crippen LogP contribution in [0, 0.1) is 11.8 Å². The Balaban J connectivity index is 1.56. The summed E-state index contributed by atoms with van der Waals surface area (Å²) < 4.78 is 9.93. The van der Waals surface area contributed by atoms with Crippen molar-refractivity contribution >= 4 is 22.8 Å². The van der Waals surface area contributed by atoms with Crippen LogP contribution in [0.4, 0.5) is 0 Å². The summed E-state index contributed by atoms with van der Waals surface area (Å²) in [5.74, 6) is 4.37. The van der Waals surface area contributed by atoms with Gasteiger partial charge in [-0.25, -0.2) is 4.79 Å². The molecule has 1 aromatic carbocycles. The van der Waals surface area contributed by atoms with Crippen LogP contribution in [0.5, 0.6) is 0 Å². The second-order valence-corrected chi connectivity index (χ2v) is 6.46. The third kappa shape index (κ3) is 2.99. The minimum atomic E-state index is -0.618. The molecule has 2 fully saturated rings. The molecule has 0 spiro atoms. The summed E-state index contributed by atoms with van der Waals surface area (Å²) in [6, 6.07) is 6.33. The summed E-state index contributed by atoms with van der Waals surface area (Å²) in [6.07, 6.45) is 4.77. The van der Waals surface area contributed by atoms with E-state index in [2.05, 4.69) is 27.2 Å². The molecule has 2 saturated heterocycles. The van der Waals surface area contributed by atoms with Crippen LogP contribution in [0.1, 0.15) is 35.2 Å². The van der Waals surface area contributed by atoms with E-state index in [1.54, 1.807) is 18.2 Å². The fourth-order valence-electron chi connectivity index (χ4n) is 3.67. The number of furan rings is 1. The van der Waals surface area contributed by atoms with E-state index in [-0.39, 0.29) is 11.9 Å². The quantitative estimate of drug-likeness (QED) is 0.642. The molecule has 2 aliphatic rings. The first-order valence-corrected chi connectivity index (χ1v) is 8.32. The fourth-order valence-corrected chi connectivity index (χ4v) is 3.67. The highest BCUT2D eigenvalue weighted by Crippen LogP contribution is 2.28. The predicted molar refractivity (Wildman–Crippen MR) is 90.9 cm³/mol. The highest BCUT2D eigenvalue weighted by Gasteiger charge is 2.39. The molecule has 4 rings (SSSR count). The maximum Gasteiger partial charge on any atom is 0.384 e. The van der Waals surface area contributed by atoms with E-state index >= 15 is 0 Å². The maximum absolute atomic E-state index is 12.6. The minimum absolute atomic E-state index is 0.102. The third-order valence-corrected chi connectivity index (χ3v) is 4.94. The van der Waals surface area contributed by atoms with Crippen LogP contribution < -0.4 is 10.6 Å². The van der Waals surface area contributed by atoms with Crippen molar-refractivity contribution in [1.29, 1.82) is 0 Å². The number of nitrogens with one attached hydrogen (secondary N) is 2. The zero-order chi connectivity index (χ0) is 17.4. The Morgan fingerprint density at radius 1 is 1.36 bits per heavy atom. The van der Waals surface area contributed by atoms with E-state index in [1.807, 2.05) is 0 Å². The van der Waals surface area contributed by atoms with Crippen molar-refractivity contribution in [3.8, 4) is 11.8 Å². The van der Waals surface area contributed by atoms with Crippen LogP contribution in [0.25, 0.3) is 11.0 Å². The molecule has 6 heteroatoms. The lowest BCUT2D eigenvalue weighted by Crippen LogP contribution is -2.42. The van der Waals surface area contributed by atoms with Gasteiger partial charge in [-0.2, -0.15) is 0 Å². The van der Waals surface area contributed by atoms with Crippen LogP contribution in [-0.2, 0) is 9.53 Å². The molecule has 0 aliphatic carbocycles. The van der Waals surface area contributed by atoms with Crippen molar-refractivity contribution in [2.75, 3.05) is 7.11 Å². The molecule has 3 heterocycles. The van der Waals surface area contributed by atoms with Gasteiger partial charge in [0.05, 0.1) is 12.7 Å². The number of hydrogen-bond acceptors (Lipinski definition) is 5. The minimum Gasteiger partial charge on any atom is -0.463 e. The number of esters is 1. The molecular formula is C19H18N2O4. The van der Waals surface area contributed by atoms with E-state index < -0.39 is 5.97 Å². The molecule has 6 nitrogen and oxygen atoms in total. The van der Waals surface area contributed by atoms with Gasteiger partial charge >= 0.3 is 5.97 Å². The highest BCUT2D eigenvalue weighted by molar-refractivity contribution is 5.99. The van der Waals surface area contributed by atoms with Crippen molar-refractivity contribution < 1.29 is 18.7 Å². The van der Waals surface area contributed by atoms with Gasteiger partial charge in [0.15, 0.2) is 0 Å². The lowest BCUT2D eigenvalue weighted by molar-refractivity contribution is -0.133. The lowest BCUT2D eigenvalue weighted by atomic mass is 9.95. The number of carbonyl (C=O) groups is 2. The summed E-state index contributed by atoms with van der Waals surface area (Å²) >= 11 is 0. The zero-order valence-corrected chi connectivity index (χ0v) is 13.8. The molecule has 2 aromatic rings. The summed E-state index contributed by atoms with van der Waals surface area (Å²) in [4.78, 5) is 23.8. The van der Waals surface area contributed by atoms with Gasteiger partial charge in [0.25, 0.3) is 5.91 Å². The van der Waals surface area contributed by atoms with E-state index in [0.29, 0.717) is 34.2 Å². The number of methoxy groups -OCH3 is 1. The van der Waals surface area contributed by atoms with Gasteiger partial charge in [-0.15, -0.1) is 0 Å². The average molecular weight is 338 g/mol. The monoisotopic (exact) mass is 338 g/mol. The second kappa shape index (κ2) is 6.26. The first kappa shape index (κ1) is 15.7. The molecule has 1 amide bonds. The normalized spacial score (nSPS) is 24.0. The molecule has 0 unspecified atom stereocenters. The molecule has 2 aliphatic heterocycles. The van der Waals surface area contributed by atoms with Crippen LogP contribution >= 0.6 is 0 Å². The summed E-state index contributed by atoms with van der Waals surface area (Å²) in [5.41, 5.74) is 1.72. The topological polar surface area (TPSA) is 80.6 Å². The second-order valence-electron chi connectivity index (χ2n) is 6.46. The van der Waals surface area contributed by atoms with Crippen LogP contribution in [0.2, 0.25) is 0 Å². The van der Waals surface area contributed by atoms with E-state index in [1.165, 1.54) is 19.8 Å². The highest BCUT2D eigenvalue weighted by atomic mass is 16.5. The van der Waals surface area contributed by atoms with Crippen LogP contribution in [0.15, 0.2) is 28.9 Å². The van der Waals surface area contributed by atoms with E-state index in [9.17, 15) is 9.59 Å².